The Morgan fingerprint density at radius 2 is 2.00 bits per heavy atom. The summed E-state index contributed by atoms with van der Waals surface area (Å²) < 4.78 is 0.988. The van der Waals surface area contributed by atoms with Crippen molar-refractivity contribution in [3.8, 4) is 0 Å². The highest BCUT2D eigenvalue weighted by atomic mass is 32.1. The van der Waals surface area contributed by atoms with Gasteiger partial charge in [-0.25, -0.2) is 0 Å². The number of carbonyl (C=O) groups is 2. The first-order valence-electron chi connectivity index (χ1n) is 2.74. The molecule has 0 rings (SSSR count). The minimum absolute atomic E-state index is 0.297. The first-order valence-corrected chi connectivity index (χ1v) is 3.14. The molecule has 0 aromatic rings. The third-order valence-corrected chi connectivity index (χ3v) is 1.73. The van der Waals surface area contributed by atoms with Gasteiger partial charge in [0.05, 0.1) is 0 Å². The van der Waals surface area contributed by atoms with Crippen molar-refractivity contribution in [2.75, 3.05) is 0 Å². The number of primary amides is 1. The van der Waals surface area contributed by atoms with Gasteiger partial charge in [0.2, 0.25) is 11.8 Å². The van der Waals surface area contributed by atoms with Crippen molar-refractivity contribution in [1.29, 1.82) is 0 Å². The van der Waals surface area contributed by atoms with Crippen molar-refractivity contribution in [3.05, 3.63) is 0 Å². The highest BCUT2D eigenvalue weighted by Gasteiger charge is 2.17. The van der Waals surface area contributed by atoms with Gasteiger partial charge >= 0.3 is 0 Å². The molecule has 10 heavy (non-hydrogen) atoms. The van der Waals surface area contributed by atoms with E-state index in [9.17, 15) is 9.59 Å². The Morgan fingerprint density at radius 1 is 1.60 bits per heavy atom. The maximum atomic E-state index is 10.5. The fraction of sp³-hybridized carbons (Fsp3) is 0.600. The van der Waals surface area contributed by atoms with E-state index in [0.29, 0.717) is 0 Å². The molecule has 4 nitrogen and oxygen atoms in total. The van der Waals surface area contributed by atoms with Gasteiger partial charge in [0.15, 0.2) is 0 Å². The first-order chi connectivity index (χ1) is 4.46. The van der Waals surface area contributed by atoms with E-state index in [1.165, 1.54) is 13.8 Å². The summed E-state index contributed by atoms with van der Waals surface area (Å²) in [7, 11) is 0. The van der Waals surface area contributed by atoms with Gasteiger partial charge in [-0.3, -0.25) is 13.9 Å². The summed E-state index contributed by atoms with van der Waals surface area (Å²) in [6.45, 7) is 2.82. The summed E-state index contributed by atoms with van der Waals surface area (Å²) >= 11 is 3.74. The molecule has 0 aliphatic rings. The van der Waals surface area contributed by atoms with E-state index < -0.39 is 11.9 Å². The lowest BCUT2D eigenvalue weighted by molar-refractivity contribution is -0.131. The van der Waals surface area contributed by atoms with Crippen molar-refractivity contribution < 1.29 is 9.59 Å². The van der Waals surface area contributed by atoms with E-state index >= 15 is 0 Å². The second-order valence-electron chi connectivity index (χ2n) is 1.94. The van der Waals surface area contributed by atoms with Crippen LogP contribution in [-0.2, 0) is 9.59 Å². The van der Waals surface area contributed by atoms with Gasteiger partial charge in [0.25, 0.3) is 0 Å². The largest absolute Gasteiger partial charge is 0.368 e. The fourth-order valence-electron chi connectivity index (χ4n) is 0.393. The zero-order valence-corrected chi connectivity index (χ0v) is 6.76. The summed E-state index contributed by atoms with van der Waals surface area (Å²) in [5, 5.41) is 0. The van der Waals surface area contributed by atoms with Crippen LogP contribution in [0.4, 0.5) is 0 Å². The zero-order chi connectivity index (χ0) is 8.31. The number of hydrogen-bond acceptors (Lipinski definition) is 3. The third-order valence-electron chi connectivity index (χ3n) is 1.10. The minimum atomic E-state index is -0.652. The maximum Gasteiger partial charge on any atom is 0.240 e. The van der Waals surface area contributed by atoms with Crippen LogP contribution >= 0.6 is 12.8 Å². The Labute approximate surface area is 64.9 Å². The quantitative estimate of drug-likeness (QED) is 0.540. The predicted octanol–water partition coefficient (Wildman–Crippen LogP) is -0.447. The molecular weight excluding hydrogens is 152 g/mol. The van der Waals surface area contributed by atoms with Crippen LogP contribution in [-0.4, -0.2) is 22.2 Å². The molecule has 0 aliphatic heterocycles. The Kier molecular flexibility index (Phi) is 3.21. The van der Waals surface area contributed by atoms with Crippen LogP contribution in [0.3, 0.4) is 0 Å². The monoisotopic (exact) mass is 162 g/mol. The summed E-state index contributed by atoms with van der Waals surface area (Å²) in [5.41, 5.74) is 4.89. The van der Waals surface area contributed by atoms with Crippen LogP contribution in [0.5, 0.6) is 0 Å². The SMILES string of the molecule is CC(=O)N(S)[C@@H](C)C(N)=O. The Balaban J connectivity index is 4.07. The van der Waals surface area contributed by atoms with Crippen molar-refractivity contribution in [3.63, 3.8) is 0 Å². The molecule has 5 heteroatoms. The highest BCUT2D eigenvalue weighted by Crippen LogP contribution is 2.01. The van der Waals surface area contributed by atoms with Crippen LogP contribution in [0.25, 0.3) is 0 Å². The molecule has 0 saturated heterocycles. The van der Waals surface area contributed by atoms with Crippen molar-refractivity contribution in [1.82, 2.24) is 4.31 Å². The molecule has 0 fully saturated rings. The van der Waals surface area contributed by atoms with Crippen molar-refractivity contribution in [2.45, 2.75) is 19.9 Å². The summed E-state index contributed by atoms with van der Waals surface area (Å²) in [6, 6.07) is -0.652. The van der Waals surface area contributed by atoms with Gasteiger partial charge in [-0.2, -0.15) is 0 Å². The van der Waals surface area contributed by atoms with Gasteiger partial charge in [-0.1, -0.05) is 12.8 Å². The highest BCUT2D eigenvalue weighted by molar-refractivity contribution is 7.78. The predicted molar refractivity (Wildman–Crippen MR) is 40.2 cm³/mol. The van der Waals surface area contributed by atoms with E-state index in [2.05, 4.69) is 12.8 Å². The molecule has 1 atom stereocenters. The van der Waals surface area contributed by atoms with Gasteiger partial charge < -0.3 is 5.73 Å². The molecular formula is C5H10N2O2S. The van der Waals surface area contributed by atoms with Crippen LogP contribution in [0.15, 0.2) is 0 Å². The number of nitrogens with two attached hydrogens (primary N) is 1. The molecule has 0 radical (unpaired) electrons. The Hall–Kier alpha value is -0.710. The summed E-state index contributed by atoms with van der Waals surface area (Å²) in [4.78, 5) is 21.0. The number of amides is 2. The fourth-order valence-corrected chi connectivity index (χ4v) is 0.507. The first kappa shape index (κ1) is 9.29. The lowest BCUT2D eigenvalue weighted by Gasteiger charge is -2.17. The third kappa shape index (κ3) is 2.26. The molecule has 0 spiro atoms. The lowest BCUT2D eigenvalue weighted by atomic mass is 10.3. The van der Waals surface area contributed by atoms with Gasteiger partial charge in [-0.05, 0) is 6.92 Å². The molecule has 0 aromatic heterocycles. The van der Waals surface area contributed by atoms with E-state index in [0.717, 1.165) is 4.31 Å². The van der Waals surface area contributed by atoms with E-state index in [-0.39, 0.29) is 5.91 Å². The van der Waals surface area contributed by atoms with Gasteiger partial charge in [0, 0.05) is 6.92 Å². The molecule has 0 aromatic carbocycles. The molecule has 0 aliphatic carbocycles. The summed E-state index contributed by atoms with van der Waals surface area (Å²) in [5.74, 6) is -0.861. The molecule has 0 saturated carbocycles. The number of hydrogen-bond donors (Lipinski definition) is 2. The van der Waals surface area contributed by atoms with Crippen LogP contribution < -0.4 is 5.73 Å². The average Bonchev–Trinajstić information content (AvgIpc) is 1.84. The molecule has 0 bridgehead atoms. The van der Waals surface area contributed by atoms with E-state index in [1.807, 2.05) is 0 Å². The number of nitrogens with zero attached hydrogens (tertiary/aromatic N) is 1. The molecule has 58 valence electrons. The molecule has 2 N–H and O–H groups in total. The molecule has 0 unspecified atom stereocenters. The second kappa shape index (κ2) is 3.46. The number of carbonyl (C=O) groups excluding carboxylic acids is 2. The smallest absolute Gasteiger partial charge is 0.240 e. The van der Waals surface area contributed by atoms with Crippen molar-refractivity contribution in [2.24, 2.45) is 5.73 Å². The van der Waals surface area contributed by atoms with Crippen LogP contribution in [0, 0.1) is 0 Å². The maximum absolute atomic E-state index is 10.5. The van der Waals surface area contributed by atoms with Crippen LogP contribution in [0.1, 0.15) is 13.8 Å². The molecule has 0 heterocycles. The van der Waals surface area contributed by atoms with Crippen LogP contribution in [0.2, 0.25) is 0 Å². The van der Waals surface area contributed by atoms with Gasteiger partial charge in [-0.15, -0.1) is 0 Å². The Bertz CT molecular complexity index is 142. The lowest BCUT2D eigenvalue weighted by Crippen LogP contribution is -2.39. The van der Waals surface area contributed by atoms with Crippen molar-refractivity contribution >= 4 is 24.6 Å². The minimum Gasteiger partial charge on any atom is -0.368 e. The second-order valence-corrected chi connectivity index (χ2v) is 2.37. The standard InChI is InChI=1S/C5H10N2O2S/c1-3(5(6)9)7(10)4(2)8/h3,10H,1-2H3,(H2,6,9)/t3-/m0/s1. The van der Waals surface area contributed by atoms with E-state index in [1.54, 1.807) is 0 Å². The summed E-state index contributed by atoms with van der Waals surface area (Å²) in [6.07, 6.45) is 0. The van der Waals surface area contributed by atoms with Gasteiger partial charge in [0.1, 0.15) is 6.04 Å². The normalized spacial score (nSPS) is 12.3. The molecule has 2 amide bonds. The average molecular weight is 162 g/mol. The van der Waals surface area contributed by atoms with E-state index in [4.69, 9.17) is 5.73 Å². The Morgan fingerprint density at radius 3 is 2.10 bits per heavy atom. The zero-order valence-electron chi connectivity index (χ0n) is 5.87. The number of rotatable bonds is 2. The number of thiol groups is 1. The topological polar surface area (TPSA) is 63.4 Å².